The molecule has 0 nitrogen and oxygen atoms in total. The van der Waals surface area contributed by atoms with Gasteiger partial charge in [0.15, 0.2) is 0 Å². The Hall–Kier alpha value is -0.651. The standard InChI is InChI=1S/2C5H5.Ir/c2*1-2-4-5-3-1;/h2*1-5H;/q2*-1;. The van der Waals surface area contributed by atoms with Gasteiger partial charge in [-0.15, -0.1) is 0 Å². The minimum absolute atomic E-state index is 0. The summed E-state index contributed by atoms with van der Waals surface area (Å²) in [5, 5.41) is 0. The molecule has 2 aromatic carbocycles. The zero-order valence-corrected chi connectivity index (χ0v) is 8.50. The molecule has 0 aliphatic heterocycles. The van der Waals surface area contributed by atoms with Crippen LogP contribution in [0, 0.1) is 0 Å². The van der Waals surface area contributed by atoms with Crippen molar-refractivity contribution in [3.8, 4) is 0 Å². The smallest absolute Gasteiger partial charge is 0 e. The second-order valence-electron chi connectivity index (χ2n) is 1.92. The normalized spacial score (nSPS) is 7.27. The summed E-state index contributed by atoms with van der Waals surface area (Å²) in [6, 6.07) is 20.0. The van der Waals surface area contributed by atoms with Crippen LogP contribution in [0.2, 0.25) is 0 Å². The van der Waals surface area contributed by atoms with Crippen molar-refractivity contribution in [3.63, 3.8) is 0 Å². The second-order valence-corrected chi connectivity index (χ2v) is 1.92. The minimum atomic E-state index is 0. The molecule has 0 bridgehead atoms. The van der Waals surface area contributed by atoms with Gasteiger partial charge in [-0.3, -0.25) is 0 Å². The summed E-state index contributed by atoms with van der Waals surface area (Å²) in [7, 11) is 0. The van der Waals surface area contributed by atoms with Crippen molar-refractivity contribution in [3.05, 3.63) is 60.7 Å². The first kappa shape index (κ1) is 10.3. The monoisotopic (exact) mass is 323 g/mol. The van der Waals surface area contributed by atoms with Crippen LogP contribution in [0.4, 0.5) is 0 Å². The summed E-state index contributed by atoms with van der Waals surface area (Å²) < 4.78 is 0. The molecule has 2 rings (SSSR count). The number of hydrogen-bond acceptors (Lipinski definition) is 0. The quantitative estimate of drug-likeness (QED) is 0.654. The second kappa shape index (κ2) is 7.46. The van der Waals surface area contributed by atoms with Gasteiger partial charge in [0.1, 0.15) is 0 Å². The molecule has 0 heterocycles. The maximum atomic E-state index is 2.00. The molecule has 0 fully saturated rings. The fourth-order valence-corrected chi connectivity index (χ4v) is 0.642. The third-order valence-electron chi connectivity index (χ3n) is 1.11. The van der Waals surface area contributed by atoms with Crippen LogP contribution in [-0.2, 0) is 20.1 Å². The first-order valence-electron chi connectivity index (χ1n) is 3.33. The first-order chi connectivity index (χ1) is 5.00. The Kier molecular flexibility index (Phi) is 7.02. The van der Waals surface area contributed by atoms with Crippen LogP contribution >= 0.6 is 0 Å². The molecular formula is C10H10Ir-2. The van der Waals surface area contributed by atoms with Crippen molar-refractivity contribution >= 4 is 0 Å². The molecule has 1 heteroatoms. The van der Waals surface area contributed by atoms with Crippen LogP contribution in [0.15, 0.2) is 60.7 Å². The predicted octanol–water partition coefficient (Wildman–Crippen LogP) is 2.81. The van der Waals surface area contributed by atoms with Gasteiger partial charge in [-0.2, -0.15) is 36.4 Å². The summed E-state index contributed by atoms with van der Waals surface area (Å²) in [4.78, 5) is 0. The number of rotatable bonds is 0. The Morgan fingerprint density at radius 2 is 0.818 bits per heavy atom. The van der Waals surface area contributed by atoms with Crippen molar-refractivity contribution < 1.29 is 20.1 Å². The van der Waals surface area contributed by atoms with E-state index in [-0.39, 0.29) is 20.1 Å². The average Bonchev–Trinajstić information content (AvgIpc) is 2.67. The Bertz CT molecular complexity index is 144. The fraction of sp³-hybridized carbons (Fsp3) is 0. The van der Waals surface area contributed by atoms with Gasteiger partial charge < -0.3 is 0 Å². The maximum absolute atomic E-state index is 2.00. The SMILES string of the molecule is [Ir].c1cc[cH-]c1.c1cc[cH-]c1. The third-order valence-corrected chi connectivity index (χ3v) is 1.11. The molecule has 11 heavy (non-hydrogen) atoms. The Labute approximate surface area is 81.0 Å². The molecule has 0 unspecified atom stereocenters. The van der Waals surface area contributed by atoms with Gasteiger partial charge in [0.05, 0.1) is 0 Å². The van der Waals surface area contributed by atoms with Crippen molar-refractivity contribution in [1.82, 2.24) is 0 Å². The van der Waals surface area contributed by atoms with Gasteiger partial charge in [0.25, 0.3) is 0 Å². The van der Waals surface area contributed by atoms with Crippen molar-refractivity contribution in [1.29, 1.82) is 0 Å². The average molecular weight is 322 g/mol. The summed E-state index contributed by atoms with van der Waals surface area (Å²) in [6.45, 7) is 0. The molecule has 1 radical (unpaired) electrons. The molecule has 0 aliphatic carbocycles. The largest absolute Gasteiger partial charge is 0.214 e. The van der Waals surface area contributed by atoms with Gasteiger partial charge in [-0.25, -0.2) is 24.3 Å². The molecule has 0 saturated heterocycles. The maximum Gasteiger partial charge on any atom is 0 e. The zero-order chi connectivity index (χ0) is 7.07. The summed E-state index contributed by atoms with van der Waals surface area (Å²) in [5.74, 6) is 0. The molecule has 0 spiro atoms. The van der Waals surface area contributed by atoms with E-state index < -0.39 is 0 Å². The molecule has 0 atom stereocenters. The fourth-order valence-electron chi connectivity index (χ4n) is 0.642. The van der Waals surface area contributed by atoms with Gasteiger partial charge in [-0.05, 0) is 0 Å². The topological polar surface area (TPSA) is 0 Å². The van der Waals surface area contributed by atoms with Crippen molar-refractivity contribution in [2.24, 2.45) is 0 Å². The molecule has 61 valence electrons. The van der Waals surface area contributed by atoms with Crippen LogP contribution in [0.1, 0.15) is 0 Å². The van der Waals surface area contributed by atoms with Gasteiger partial charge >= 0.3 is 0 Å². The minimum Gasteiger partial charge on any atom is -0.214 e. The van der Waals surface area contributed by atoms with Crippen LogP contribution in [0.3, 0.4) is 0 Å². The van der Waals surface area contributed by atoms with E-state index in [0.29, 0.717) is 0 Å². The van der Waals surface area contributed by atoms with E-state index in [0.717, 1.165) is 0 Å². The van der Waals surface area contributed by atoms with Gasteiger partial charge in [0, 0.05) is 20.1 Å². The van der Waals surface area contributed by atoms with Crippen LogP contribution in [0.25, 0.3) is 0 Å². The van der Waals surface area contributed by atoms with E-state index >= 15 is 0 Å². The molecule has 0 saturated carbocycles. The Morgan fingerprint density at radius 1 is 0.545 bits per heavy atom. The molecule has 0 N–H and O–H groups in total. The van der Waals surface area contributed by atoms with E-state index in [2.05, 4.69) is 0 Å². The number of hydrogen-bond donors (Lipinski definition) is 0. The Morgan fingerprint density at radius 3 is 0.909 bits per heavy atom. The molecule has 0 amide bonds. The van der Waals surface area contributed by atoms with E-state index in [9.17, 15) is 0 Å². The van der Waals surface area contributed by atoms with E-state index in [1.165, 1.54) is 0 Å². The van der Waals surface area contributed by atoms with E-state index in [1.807, 2.05) is 60.7 Å². The molecule has 0 aliphatic rings. The van der Waals surface area contributed by atoms with Crippen molar-refractivity contribution in [2.75, 3.05) is 0 Å². The summed E-state index contributed by atoms with van der Waals surface area (Å²) in [5.41, 5.74) is 0. The van der Waals surface area contributed by atoms with Crippen LogP contribution in [-0.4, -0.2) is 0 Å². The first-order valence-corrected chi connectivity index (χ1v) is 3.33. The van der Waals surface area contributed by atoms with Gasteiger partial charge in [0.2, 0.25) is 0 Å². The predicted molar refractivity (Wildman–Crippen MR) is 44.1 cm³/mol. The third kappa shape index (κ3) is 5.78. The zero-order valence-electron chi connectivity index (χ0n) is 6.11. The molecular weight excluding hydrogens is 312 g/mol. The van der Waals surface area contributed by atoms with Crippen LogP contribution < -0.4 is 0 Å². The van der Waals surface area contributed by atoms with E-state index in [4.69, 9.17) is 0 Å². The molecule has 0 aromatic heterocycles. The van der Waals surface area contributed by atoms with Crippen molar-refractivity contribution in [2.45, 2.75) is 0 Å². The Balaban J connectivity index is 0.000000167. The van der Waals surface area contributed by atoms with Crippen LogP contribution in [0.5, 0.6) is 0 Å². The summed E-state index contributed by atoms with van der Waals surface area (Å²) in [6.07, 6.45) is 0. The molecule has 2 aromatic rings. The summed E-state index contributed by atoms with van der Waals surface area (Å²) >= 11 is 0. The van der Waals surface area contributed by atoms with E-state index in [1.54, 1.807) is 0 Å². The van der Waals surface area contributed by atoms with Gasteiger partial charge in [-0.1, -0.05) is 0 Å².